The van der Waals surface area contributed by atoms with E-state index in [2.05, 4.69) is 5.32 Å². The first-order valence-electron chi connectivity index (χ1n) is 11.2. The number of nitrogens with one attached hydrogen (secondary N) is 1. The third-order valence-electron chi connectivity index (χ3n) is 6.11. The lowest BCUT2D eigenvalue weighted by atomic mass is 9.71. The van der Waals surface area contributed by atoms with E-state index in [1.54, 1.807) is 6.07 Å². The van der Waals surface area contributed by atoms with Crippen LogP contribution in [0.25, 0.3) is 11.1 Å². The zero-order valence-electron chi connectivity index (χ0n) is 19.0. The topological polar surface area (TPSA) is 49.4 Å². The molecule has 2 aromatic carbocycles. The van der Waals surface area contributed by atoms with Crippen LogP contribution in [-0.4, -0.2) is 35.8 Å². The number of benzene rings is 2. The van der Waals surface area contributed by atoms with Crippen LogP contribution in [0.5, 0.6) is 0 Å². The number of likely N-dealkylation sites (tertiary alicyclic amines) is 1. The first-order chi connectivity index (χ1) is 14.7. The predicted octanol–water partition coefficient (Wildman–Crippen LogP) is 4.82. The lowest BCUT2D eigenvalue weighted by Crippen LogP contribution is -2.53. The number of nitrogens with zero attached hydrogens (tertiary/aromatic N) is 1. The summed E-state index contributed by atoms with van der Waals surface area (Å²) in [6, 6.07) is 14.5. The fourth-order valence-electron chi connectivity index (χ4n) is 4.40. The Kier molecular flexibility index (Phi) is 7.14. The maximum absolute atomic E-state index is 13.9. The number of carbonyl (C=O) groups excluding carboxylic acids is 2. The van der Waals surface area contributed by atoms with E-state index in [0.717, 1.165) is 16.7 Å². The largest absolute Gasteiger partial charge is 0.353 e. The van der Waals surface area contributed by atoms with E-state index >= 15 is 0 Å². The van der Waals surface area contributed by atoms with Crippen molar-refractivity contribution in [2.45, 2.75) is 53.0 Å². The predicted molar refractivity (Wildman–Crippen MR) is 122 cm³/mol. The summed E-state index contributed by atoms with van der Waals surface area (Å²) in [5, 5.41) is 3.11. The highest BCUT2D eigenvalue weighted by molar-refractivity contribution is 5.85. The summed E-state index contributed by atoms with van der Waals surface area (Å²) < 4.78 is 13.9. The maximum atomic E-state index is 13.9. The van der Waals surface area contributed by atoms with Crippen LogP contribution in [-0.2, 0) is 16.0 Å². The third-order valence-corrected chi connectivity index (χ3v) is 6.11. The minimum absolute atomic E-state index is 0.0354. The summed E-state index contributed by atoms with van der Waals surface area (Å²) in [7, 11) is 0. The molecule has 3 rings (SSSR count). The second-order valence-corrected chi connectivity index (χ2v) is 9.23. The summed E-state index contributed by atoms with van der Waals surface area (Å²) in [5.41, 5.74) is 2.18. The van der Waals surface area contributed by atoms with Crippen molar-refractivity contribution in [2.75, 3.05) is 13.1 Å². The van der Waals surface area contributed by atoms with Gasteiger partial charge in [0.1, 0.15) is 5.82 Å². The minimum Gasteiger partial charge on any atom is -0.353 e. The van der Waals surface area contributed by atoms with Crippen LogP contribution in [0.1, 0.15) is 46.1 Å². The Morgan fingerprint density at radius 3 is 2.32 bits per heavy atom. The van der Waals surface area contributed by atoms with Crippen molar-refractivity contribution in [1.29, 1.82) is 0 Å². The summed E-state index contributed by atoms with van der Waals surface area (Å²) in [4.78, 5) is 27.7. The Morgan fingerprint density at radius 1 is 1.03 bits per heavy atom. The highest BCUT2D eigenvalue weighted by Gasteiger charge is 2.43. The van der Waals surface area contributed by atoms with Crippen molar-refractivity contribution in [3.8, 4) is 11.1 Å². The normalized spacial score (nSPS) is 15.9. The van der Waals surface area contributed by atoms with Gasteiger partial charge in [0.25, 0.3) is 0 Å². The van der Waals surface area contributed by atoms with Crippen molar-refractivity contribution >= 4 is 11.8 Å². The van der Waals surface area contributed by atoms with Gasteiger partial charge >= 0.3 is 0 Å². The quantitative estimate of drug-likeness (QED) is 0.722. The fraction of sp³-hybridized carbons (Fsp3) is 0.462. The molecule has 0 unspecified atom stereocenters. The van der Waals surface area contributed by atoms with Crippen LogP contribution >= 0.6 is 0 Å². The number of rotatable bonds is 6. The number of carbonyl (C=O) groups is 2. The van der Waals surface area contributed by atoms with Crippen molar-refractivity contribution < 1.29 is 14.0 Å². The third kappa shape index (κ3) is 5.33. The Balaban J connectivity index is 1.93. The number of piperidine rings is 1. The molecule has 0 aliphatic carbocycles. The SMILES string of the molecule is CC(C)NC(=O)C1(Cc2ccccc2-c2cccc(F)c2)CCN(C(=O)C(C)C)CC1. The molecule has 1 heterocycles. The average Bonchev–Trinajstić information content (AvgIpc) is 2.73. The summed E-state index contributed by atoms with van der Waals surface area (Å²) in [6.45, 7) is 8.89. The molecule has 166 valence electrons. The van der Waals surface area contributed by atoms with Gasteiger partial charge in [-0.3, -0.25) is 9.59 Å². The van der Waals surface area contributed by atoms with E-state index < -0.39 is 5.41 Å². The van der Waals surface area contributed by atoms with Crippen molar-refractivity contribution in [2.24, 2.45) is 11.3 Å². The first kappa shape index (κ1) is 23.0. The summed E-state index contributed by atoms with van der Waals surface area (Å²) in [5.74, 6) is -0.156. The average molecular weight is 425 g/mol. The summed E-state index contributed by atoms with van der Waals surface area (Å²) >= 11 is 0. The molecule has 0 bridgehead atoms. The van der Waals surface area contributed by atoms with Gasteiger partial charge in [-0.15, -0.1) is 0 Å². The van der Waals surface area contributed by atoms with Crippen LogP contribution in [0.2, 0.25) is 0 Å². The van der Waals surface area contributed by atoms with Gasteiger partial charge in [0.2, 0.25) is 11.8 Å². The van der Waals surface area contributed by atoms with Crippen LogP contribution in [0.15, 0.2) is 48.5 Å². The molecule has 0 saturated carbocycles. The van der Waals surface area contributed by atoms with E-state index in [0.29, 0.717) is 32.4 Å². The smallest absolute Gasteiger partial charge is 0.226 e. The number of hydrogen-bond acceptors (Lipinski definition) is 2. The first-order valence-corrected chi connectivity index (χ1v) is 11.2. The molecule has 5 heteroatoms. The molecular formula is C26H33FN2O2. The zero-order valence-corrected chi connectivity index (χ0v) is 19.0. The Morgan fingerprint density at radius 2 is 1.71 bits per heavy atom. The standard InChI is InChI=1S/C26H33FN2O2/c1-18(2)24(30)29-14-12-26(13-15-29,25(31)28-19(3)4)17-21-8-5-6-11-23(21)20-9-7-10-22(27)16-20/h5-11,16,18-19H,12-15,17H2,1-4H3,(H,28,31). The van der Waals surface area contributed by atoms with Crippen LogP contribution in [0.3, 0.4) is 0 Å². The van der Waals surface area contributed by atoms with Gasteiger partial charge < -0.3 is 10.2 Å². The fourth-order valence-corrected chi connectivity index (χ4v) is 4.40. The molecule has 1 N–H and O–H groups in total. The number of halogens is 1. The number of hydrogen-bond donors (Lipinski definition) is 1. The molecule has 31 heavy (non-hydrogen) atoms. The van der Waals surface area contributed by atoms with Gasteiger partial charge in [-0.1, -0.05) is 50.2 Å². The Labute approximate surface area is 184 Å². The highest BCUT2D eigenvalue weighted by atomic mass is 19.1. The second-order valence-electron chi connectivity index (χ2n) is 9.23. The Bertz CT molecular complexity index is 931. The van der Waals surface area contributed by atoms with Gasteiger partial charge in [-0.05, 0) is 61.9 Å². The molecule has 0 radical (unpaired) electrons. The van der Waals surface area contributed by atoms with Gasteiger partial charge in [0, 0.05) is 25.0 Å². The molecular weight excluding hydrogens is 391 g/mol. The van der Waals surface area contributed by atoms with Crippen molar-refractivity contribution in [1.82, 2.24) is 10.2 Å². The van der Waals surface area contributed by atoms with E-state index in [4.69, 9.17) is 0 Å². The van der Waals surface area contributed by atoms with E-state index in [1.165, 1.54) is 12.1 Å². The molecule has 1 fully saturated rings. The van der Waals surface area contributed by atoms with Crippen molar-refractivity contribution in [3.63, 3.8) is 0 Å². The van der Waals surface area contributed by atoms with Gasteiger partial charge in [0.15, 0.2) is 0 Å². The lowest BCUT2D eigenvalue weighted by molar-refractivity contribution is -0.142. The van der Waals surface area contributed by atoms with E-state index in [9.17, 15) is 14.0 Å². The molecule has 1 saturated heterocycles. The van der Waals surface area contributed by atoms with Crippen LogP contribution in [0, 0.1) is 17.2 Å². The summed E-state index contributed by atoms with van der Waals surface area (Å²) in [6.07, 6.45) is 1.78. The molecule has 2 aromatic rings. The number of amides is 2. The molecule has 0 aromatic heterocycles. The van der Waals surface area contributed by atoms with E-state index in [-0.39, 0.29) is 29.6 Å². The van der Waals surface area contributed by atoms with Gasteiger partial charge in [-0.2, -0.15) is 0 Å². The van der Waals surface area contributed by atoms with Gasteiger partial charge in [0.05, 0.1) is 5.41 Å². The van der Waals surface area contributed by atoms with Crippen LogP contribution in [0.4, 0.5) is 4.39 Å². The maximum Gasteiger partial charge on any atom is 0.226 e. The zero-order chi connectivity index (χ0) is 22.6. The van der Waals surface area contributed by atoms with E-state index in [1.807, 2.05) is 62.9 Å². The molecule has 2 amide bonds. The van der Waals surface area contributed by atoms with Gasteiger partial charge in [-0.25, -0.2) is 4.39 Å². The molecule has 0 atom stereocenters. The van der Waals surface area contributed by atoms with Crippen molar-refractivity contribution in [3.05, 3.63) is 59.9 Å². The second kappa shape index (κ2) is 9.63. The minimum atomic E-state index is -0.596. The van der Waals surface area contributed by atoms with Crippen LogP contribution < -0.4 is 5.32 Å². The monoisotopic (exact) mass is 424 g/mol. The molecule has 4 nitrogen and oxygen atoms in total. The Hall–Kier alpha value is -2.69. The molecule has 1 aliphatic rings. The highest BCUT2D eigenvalue weighted by Crippen LogP contribution is 2.38. The molecule has 1 aliphatic heterocycles. The lowest BCUT2D eigenvalue weighted by Gasteiger charge is -2.42. The molecule has 0 spiro atoms.